The third-order valence-corrected chi connectivity index (χ3v) is 2.89. The number of hydrogen-bond donors (Lipinski definition) is 1. The van der Waals surface area contributed by atoms with Gasteiger partial charge in [0.15, 0.2) is 5.60 Å². The van der Waals surface area contributed by atoms with Crippen molar-refractivity contribution in [1.82, 2.24) is 0 Å². The summed E-state index contributed by atoms with van der Waals surface area (Å²) in [5, 5.41) is 10.2. The van der Waals surface area contributed by atoms with Gasteiger partial charge in [-0.05, 0) is 18.9 Å². The number of hydrogen-bond acceptors (Lipinski definition) is 7. The van der Waals surface area contributed by atoms with Crippen molar-refractivity contribution in [3.05, 3.63) is 24.3 Å². The Balaban J connectivity index is 2.43. The van der Waals surface area contributed by atoms with Crippen LogP contribution in [0.1, 0.15) is 12.8 Å². The molecule has 1 aliphatic carbocycles. The van der Waals surface area contributed by atoms with Crippen LogP contribution in [-0.4, -0.2) is 34.6 Å². The smallest absolute Gasteiger partial charge is 0.350 e. The fraction of sp³-hybridized carbons (Fsp3) is 0.333. The van der Waals surface area contributed by atoms with Crippen LogP contribution in [0.25, 0.3) is 0 Å². The Bertz CT molecular complexity index is 516. The fourth-order valence-electron chi connectivity index (χ4n) is 1.92. The first-order valence-corrected chi connectivity index (χ1v) is 5.53. The molecule has 2 aliphatic rings. The number of carbonyl (C=O) groups excluding carboxylic acids is 4. The second-order valence-electron chi connectivity index (χ2n) is 4.14. The largest absolute Gasteiger partial charge is 0.390 e. The van der Waals surface area contributed by atoms with Gasteiger partial charge in [0.25, 0.3) is 0 Å². The molecule has 1 heterocycles. The van der Waals surface area contributed by atoms with Crippen LogP contribution in [0.3, 0.4) is 0 Å². The number of rotatable bonds is 0. The van der Waals surface area contributed by atoms with Gasteiger partial charge in [-0.3, -0.25) is 4.79 Å². The predicted molar refractivity (Wildman–Crippen MR) is 58.2 cm³/mol. The molecule has 2 unspecified atom stereocenters. The van der Waals surface area contributed by atoms with Gasteiger partial charge in [0, 0.05) is 12.2 Å². The average molecular weight is 266 g/mol. The van der Waals surface area contributed by atoms with Crippen LogP contribution in [0.4, 0.5) is 0 Å². The number of carbonyl (C=O) groups is 4. The van der Waals surface area contributed by atoms with E-state index in [1.807, 2.05) is 0 Å². The lowest BCUT2D eigenvalue weighted by Gasteiger charge is -2.31. The fourth-order valence-corrected chi connectivity index (χ4v) is 1.92. The molecule has 0 saturated heterocycles. The van der Waals surface area contributed by atoms with Crippen molar-refractivity contribution in [1.29, 1.82) is 0 Å². The maximum Gasteiger partial charge on any atom is 0.350 e. The molecule has 0 bridgehead atoms. The SMILES string of the molecule is O=C1/C=C\C(=O)OC(=O)C2(O)C=CCCC2C(=O)O1. The van der Waals surface area contributed by atoms with Gasteiger partial charge in [0.2, 0.25) is 0 Å². The minimum Gasteiger partial charge on any atom is -0.390 e. The molecule has 0 aromatic heterocycles. The molecule has 0 fully saturated rings. The van der Waals surface area contributed by atoms with Crippen molar-refractivity contribution in [2.75, 3.05) is 0 Å². The van der Waals surface area contributed by atoms with E-state index in [0.717, 1.165) is 6.08 Å². The summed E-state index contributed by atoms with van der Waals surface area (Å²) in [6.45, 7) is 0. The first kappa shape index (κ1) is 13.2. The lowest BCUT2D eigenvalue weighted by Crippen LogP contribution is -2.51. The number of esters is 4. The van der Waals surface area contributed by atoms with E-state index in [0.29, 0.717) is 18.6 Å². The molecule has 2 rings (SSSR count). The Labute approximate surface area is 107 Å². The minimum atomic E-state index is -2.30. The Kier molecular flexibility index (Phi) is 3.30. The molecule has 2 atom stereocenters. The first-order valence-electron chi connectivity index (χ1n) is 5.53. The molecule has 0 aromatic rings. The topological polar surface area (TPSA) is 107 Å². The van der Waals surface area contributed by atoms with Gasteiger partial charge < -0.3 is 14.6 Å². The third kappa shape index (κ3) is 2.45. The van der Waals surface area contributed by atoms with E-state index in [1.54, 1.807) is 0 Å². The molecule has 0 spiro atoms. The zero-order valence-corrected chi connectivity index (χ0v) is 9.70. The predicted octanol–water partition coefficient (Wildman–Crippen LogP) is -0.607. The Morgan fingerprint density at radius 2 is 1.74 bits per heavy atom. The third-order valence-electron chi connectivity index (χ3n) is 2.89. The molecule has 1 N–H and O–H groups in total. The summed E-state index contributed by atoms with van der Waals surface area (Å²) in [6, 6.07) is 0. The van der Waals surface area contributed by atoms with E-state index >= 15 is 0 Å². The maximum absolute atomic E-state index is 11.8. The van der Waals surface area contributed by atoms with Crippen LogP contribution in [-0.2, 0) is 28.7 Å². The number of allylic oxidation sites excluding steroid dienone is 1. The number of cyclic esters (lactones) is 4. The summed E-state index contributed by atoms with van der Waals surface area (Å²) in [4.78, 5) is 45.9. The molecule has 0 aromatic carbocycles. The van der Waals surface area contributed by atoms with Gasteiger partial charge in [-0.1, -0.05) is 6.08 Å². The van der Waals surface area contributed by atoms with Gasteiger partial charge >= 0.3 is 23.9 Å². The van der Waals surface area contributed by atoms with Crippen LogP contribution < -0.4 is 0 Å². The highest BCUT2D eigenvalue weighted by atomic mass is 16.6. The second kappa shape index (κ2) is 4.77. The summed E-state index contributed by atoms with van der Waals surface area (Å²) in [5.74, 6) is -5.77. The molecule has 7 heteroatoms. The van der Waals surface area contributed by atoms with Crippen molar-refractivity contribution in [3.8, 4) is 0 Å². The minimum absolute atomic E-state index is 0.103. The van der Waals surface area contributed by atoms with E-state index in [-0.39, 0.29) is 6.42 Å². The van der Waals surface area contributed by atoms with Gasteiger partial charge in [-0.2, -0.15) is 0 Å². The zero-order chi connectivity index (χ0) is 14.0. The highest BCUT2D eigenvalue weighted by Gasteiger charge is 2.50. The number of fused-ring (bicyclic) bond motifs is 1. The molecule has 1 aliphatic heterocycles. The second-order valence-corrected chi connectivity index (χ2v) is 4.14. The van der Waals surface area contributed by atoms with Crippen LogP contribution in [0.15, 0.2) is 24.3 Å². The Morgan fingerprint density at radius 1 is 1.11 bits per heavy atom. The molecule has 0 radical (unpaired) electrons. The van der Waals surface area contributed by atoms with Crippen molar-refractivity contribution >= 4 is 23.9 Å². The van der Waals surface area contributed by atoms with Crippen LogP contribution >= 0.6 is 0 Å². The van der Waals surface area contributed by atoms with Crippen molar-refractivity contribution in [2.45, 2.75) is 18.4 Å². The molecule has 7 nitrogen and oxygen atoms in total. The standard InChI is InChI=1S/C12H10O7/c13-8-4-5-9(14)19-11(16)12(17)6-2-1-3-7(12)10(15)18-8/h2,4-7,17H,1,3H2/b5-4-. The highest BCUT2D eigenvalue weighted by molar-refractivity contribution is 6.04. The molecular weight excluding hydrogens is 256 g/mol. The maximum atomic E-state index is 11.8. The molecule has 100 valence electrons. The molecule has 0 amide bonds. The van der Waals surface area contributed by atoms with Gasteiger partial charge in [0.1, 0.15) is 5.92 Å². The van der Waals surface area contributed by atoms with Crippen molar-refractivity contribution in [3.63, 3.8) is 0 Å². The number of aliphatic hydroxyl groups is 1. The summed E-state index contributed by atoms with van der Waals surface area (Å²) >= 11 is 0. The quantitative estimate of drug-likeness (QED) is 0.354. The first-order chi connectivity index (χ1) is 8.93. The zero-order valence-electron chi connectivity index (χ0n) is 9.70. The van der Waals surface area contributed by atoms with Crippen LogP contribution in [0.2, 0.25) is 0 Å². The lowest BCUT2D eigenvalue weighted by molar-refractivity contribution is -0.181. The van der Waals surface area contributed by atoms with Gasteiger partial charge in [-0.25, -0.2) is 14.4 Å². The summed E-state index contributed by atoms with van der Waals surface area (Å²) in [7, 11) is 0. The molecular formula is C12H10O7. The lowest BCUT2D eigenvalue weighted by atomic mass is 9.80. The summed E-state index contributed by atoms with van der Waals surface area (Å²) < 4.78 is 8.81. The van der Waals surface area contributed by atoms with E-state index in [2.05, 4.69) is 9.47 Å². The molecule has 0 saturated carbocycles. The summed E-state index contributed by atoms with van der Waals surface area (Å²) in [6.07, 6.45) is 4.41. The van der Waals surface area contributed by atoms with E-state index in [1.165, 1.54) is 6.08 Å². The van der Waals surface area contributed by atoms with Gasteiger partial charge in [-0.15, -0.1) is 0 Å². The van der Waals surface area contributed by atoms with Crippen LogP contribution in [0, 0.1) is 5.92 Å². The van der Waals surface area contributed by atoms with E-state index in [4.69, 9.17) is 0 Å². The van der Waals surface area contributed by atoms with Crippen LogP contribution in [0.5, 0.6) is 0 Å². The van der Waals surface area contributed by atoms with E-state index < -0.39 is 35.4 Å². The highest BCUT2D eigenvalue weighted by Crippen LogP contribution is 2.31. The van der Waals surface area contributed by atoms with Gasteiger partial charge in [0.05, 0.1) is 0 Å². The average Bonchev–Trinajstić information content (AvgIpc) is 2.35. The molecule has 19 heavy (non-hydrogen) atoms. The van der Waals surface area contributed by atoms with Crippen molar-refractivity contribution in [2.24, 2.45) is 5.92 Å². The number of ether oxygens (including phenoxy) is 2. The van der Waals surface area contributed by atoms with Crippen molar-refractivity contribution < 1.29 is 33.8 Å². The monoisotopic (exact) mass is 266 g/mol. The Hall–Kier alpha value is -2.28. The normalized spacial score (nSPS) is 33.2. The van der Waals surface area contributed by atoms with E-state index in [9.17, 15) is 24.3 Å². The summed E-state index contributed by atoms with van der Waals surface area (Å²) in [5.41, 5.74) is -2.30. The Morgan fingerprint density at radius 3 is 2.42 bits per heavy atom.